The van der Waals surface area contributed by atoms with Gasteiger partial charge in [0.2, 0.25) is 0 Å². The number of rotatable bonds is 7. The van der Waals surface area contributed by atoms with Crippen molar-refractivity contribution in [3.05, 3.63) is 32.4 Å². The molecule has 0 heterocycles. The van der Waals surface area contributed by atoms with E-state index in [-0.39, 0.29) is 17.4 Å². The zero-order chi connectivity index (χ0) is 14.3. The molecule has 19 heavy (non-hydrogen) atoms. The van der Waals surface area contributed by atoms with E-state index >= 15 is 0 Å². The summed E-state index contributed by atoms with van der Waals surface area (Å²) >= 11 is 17.8. The Morgan fingerprint density at radius 3 is 2.63 bits per heavy atom. The van der Waals surface area contributed by atoms with Crippen LogP contribution in [0.2, 0.25) is 5.02 Å². The van der Waals surface area contributed by atoms with Gasteiger partial charge >= 0.3 is 0 Å². The standard InChI is InChI=1S/C12H11Br2Cl2FO2/c13-11(14)2-5-18-8-6-9(16)12(10(17)7-8)19-4-1-3-15/h2,6-7H,1,3-5H2. The molecule has 1 aromatic carbocycles. The van der Waals surface area contributed by atoms with E-state index in [9.17, 15) is 4.39 Å². The van der Waals surface area contributed by atoms with E-state index < -0.39 is 5.82 Å². The molecule has 1 aromatic rings. The zero-order valence-corrected chi connectivity index (χ0v) is 14.5. The van der Waals surface area contributed by atoms with Gasteiger partial charge in [0.25, 0.3) is 0 Å². The molecule has 0 unspecified atom stereocenters. The molecule has 0 aliphatic carbocycles. The van der Waals surface area contributed by atoms with Crippen molar-refractivity contribution in [3.8, 4) is 11.5 Å². The molecule has 0 spiro atoms. The molecule has 0 fully saturated rings. The van der Waals surface area contributed by atoms with Crippen LogP contribution in [0.25, 0.3) is 0 Å². The Morgan fingerprint density at radius 1 is 1.32 bits per heavy atom. The van der Waals surface area contributed by atoms with Crippen molar-refractivity contribution in [2.24, 2.45) is 0 Å². The first-order valence-electron chi connectivity index (χ1n) is 5.36. The smallest absolute Gasteiger partial charge is 0.173 e. The fourth-order valence-corrected chi connectivity index (χ4v) is 1.81. The van der Waals surface area contributed by atoms with E-state index in [1.807, 2.05) is 0 Å². The van der Waals surface area contributed by atoms with Crippen LogP contribution in [-0.2, 0) is 0 Å². The monoisotopic (exact) mass is 434 g/mol. The van der Waals surface area contributed by atoms with Gasteiger partial charge in [-0.25, -0.2) is 4.39 Å². The van der Waals surface area contributed by atoms with Gasteiger partial charge in [0, 0.05) is 18.0 Å². The molecule has 0 aliphatic rings. The number of benzene rings is 1. The Morgan fingerprint density at radius 2 is 2.05 bits per heavy atom. The minimum atomic E-state index is -0.557. The second kappa shape index (κ2) is 9.06. The summed E-state index contributed by atoms with van der Waals surface area (Å²) in [6, 6.07) is 2.74. The van der Waals surface area contributed by atoms with Gasteiger partial charge in [-0.15, -0.1) is 11.6 Å². The third-order valence-corrected chi connectivity index (χ3v) is 3.18. The van der Waals surface area contributed by atoms with Crippen LogP contribution < -0.4 is 9.47 Å². The summed E-state index contributed by atoms with van der Waals surface area (Å²) in [7, 11) is 0. The van der Waals surface area contributed by atoms with Gasteiger partial charge in [-0.1, -0.05) is 11.6 Å². The predicted molar refractivity (Wildman–Crippen MR) is 83.7 cm³/mol. The number of alkyl halides is 1. The lowest BCUT2D eigenvalue weighted by Gasteiger charge is -2.10. The highest BCUT2D eigenvalue weighted by Gasteiger charge is 2.11. The van der Waals surface area contributed by atoms with Crippen molar-refractivity contribution in [2.75, 3.05) is 19.1 Å². The third kappa shape index (κ3) is 6.34. The summed E-state index contributed by atoms with van der Waals surface area (Å²) in [5, 5.41) is 0.173. The molecule has 0 N–H and O–H groups in total. The van der Waals surface area contributed by atoms with Crippen LogP contribution in [0, 0.1) is 5.82 Å². The molecule has 0 saturated carbocycles. The second-order valence-corrected chi connectivity index (χ2v) is 6.97. The lowest BCUT2D eigenvalue weighted by Crippen LogP contribution is -2.01. The minimum absolute atomic E-state index is 0.0244. The molecule has 0 amide bonds. The highest BCUT2D eigenvalue weighted by molar-refractivity contribution is 9.28. The number of hydrogen-bond acceptors (Lipinski definition) is 2. The normalized spacial score (nSPS) is 10.2. The van der Waals surface area contributed by atoms with E-state index in [1.54, 1.807) is 6.08 Å². The van der Waals surface area contributed by atoms with E-state index in [2.05, 4.69) is 31.9 Å². The number of ether oxygens (including phenoxy) is 2. The second-order valence-electron chi connectivity index (χ2n) is 3.41. The lowest BCUT2D eigenvalue weighted by molar-refractivity contribution is 0.299. The first-order valence-corrected chi connectivity index (χ1v) is 7.86. The van der Waals surface area contributed by atoms with Crippen LogP contribution in [0.5, 0.6) is 11.5 Å². The van der Waals surface area contributed by atoms with Gasteiger partial charge in [0.1, 0.15) is 12.4 Å². The molecular formula is C12H11Br2Cl2FO2. The van der Waals surface area contributed by atoms with Crippen molar-refractivity contribution in [1.82, 2.24) is 0 Å². The first kappa shape index (κ1) is 17.1. The molecular weight excluding hydrogens is 426 g/mol. The van der Waals surface area contributed by atoms with Crippen molar-refractivity contribution >= 4 is 55.1 Å². The van der Waals surface area contributed by atoms with Gasteiger partial charge in [0.15, 0.2) is 11.6 Å². The zero-order valence-electron chi connectivity index (χ0n) is 9.77. The maximum Gasteiger partial charge on any atom is 0.173 e. The molecule has 0 aliphatic heterocycles. The average molecular weight is 437 g/mol. The summed E-state index contributed by atoms with van der Waals surface area (Å²) in [5.41, 5.74) is 0. The quantitative estimate of drug-likeness (QED) is 0.415. The largest absolute Gasteiger partial charge is 0.489 e. The number of hydrogen-bond donors (Lipinski definition) is 0. The summed E-state index contributed by atoms with van der Waals surface area (Å²) in [4.78, 5) is 0. The molecule has 0 atom stereocenters. The van der Waals surface area contributed by atoms with Crippen LogP contribution in [0.15, 0.2) is 21.6 Å². The SMILES string of the molecule is Fc1cc(OCC=C(Br)Br)cc(Cl)c1OCCCCl. The first-order chi connectivity index (χ1) is 9.04. The summed E-state index contributed by atoms with van der Waals surface area (Å²) in [6.07, 6.45) is 2.36. The summed E-state index contributed by atoms with van der Waals surface area (Å²) < 4.78 is 25.1. The Hall–Kier alpha value is 0.0300. The Bertz CT molecular complexity index is 428. The molecule has 0 bridgehead atoms. The van der Waals surface area contributed by atoms with E-state index in [0.29, 0.717) is 24.7 Å². The van der Waals surface area contributed by atoms with Crippen LogP contribution in [0.3, 0.4) is 0 Å². The van der Waals surface area contributed by atoms with Crippen molar-refractivity contribution in [1.29, 1.82) is 0 Å². The van der Waals surface area contributed by atoms with Crippen LogP contribution in [0.4, 0.5) is 4.39 Å². The summed E-state index contributed by atoms with van der Waals surface area (Å²) in [5.74, 6) is 0.258. The highest BCUT2D eigenvalue weighted by atomic mass is 79.9. The van der Waals surface area contributed by atoms with Crippen molar-refractivity contribution < 1.29 is 13.9 Å². The Balaban J connectivity index is 2.70. The van der Waals surface area contributed by atoms with Gasteiger partial charge in [0.05, 0.1) is 15.0 Å². The predicted octanol–water partition coefficient (Wildman–Crippen LogP) is 5.50. The third-order valence-electron chi connectivity index (χ3n) is 1.98. The van der Waals surface area contributed by atoms with Gasteiger partial charge in [-0.2, -0.15) is 0 Å². The fraction of sp³-hybridized carbons (Fsp3) is 0.333. The van der Waals surface area contributed by atoms with E-state index in [4.69, 9.17) is 32.7 Å². The van der Waals surface area contributed by atoms with Crippen molar-refractivity contribution in [2.45, 2.75) is 6.42 Å². The summed E-state index contributed by atoms with van der Waals surface area (Å²) in [6.45, 7) is 0.605. The Labute approximate surface area is 138 Å². The molecule has 2 nitrogen and oxygen atoms in total. The Kier molecular flexibility index (Phi) is 8.14. The molecule has 7 heteroatoms. The van der Waals surface area contributed by atoms with Crippen molar-refractivity contribution in [3.63, 3.8) is 0 Å². The highest BCUT2D eigenvalue weighted by Crippen LogP contribution is 2.32. The minimum Gasteiger partial charge on any atom is -0.489 e. The average Bonchev–Trinajstić information content (AvgIpc) is 2.32. The number of halogens is 5. The molecule has 1 rings (SSSR count). The van der Waals surface area contributed by atoms with E-state index in [0.717, 1.165) is 3.39 Å². The molecule has 0 aromatic heterocycles. The van der Waals surface area contributed by atoms with Gasteiger partial charge < -0.3 is 9.47 Å². The van der Waals surface area contributed by atoms with E-state index in [1.165, 1.54) is 12.1 Å². The molecule has 0 saturated heterocycles. The van der Waals surface area contributed by atoms with Gasteiger partial charge in [-0.3, -0.25) is 0 Å². The van der Waals surface area contributed by atoms with Crippen LogP contribution in [-0.4, -0.2) is 19.1 Å². The van der Waals surface area contributed by atoms with Gasteiger partial charge in [-0.05, 0) is 44.4 Å². The maximum absolute atomic E-state index is 13.8. The maximum atomic E-state index is 13.8. The molecule has 0 radical (unpaired) electrons. The van der Waals surface area contributed by atoms with Crippen LogP contribution >= 0.6 is 55.1 Å². The topological polar surface area (TPSA) is 18.5 Å². The fourth-order valence-electron chi connectivity index (χ4n) is 1.19. The molecule has 106 valence electrons. The lowest BCUT2D eigenvalue weighted by atomic mass is 10.3. The van der Waals surface area contributed by atoms with Crippen LogP contribution in [0.1, 0.15) is 6.42 Å².